The third-order valence-electron chi connectivity index (χ3n) is 4.52. The highest BCUT2D eigenvalue weighted by atomic mass is 16.2. The zero-order valence-electron chi connectivity index (χ0n) is 15.9. The lowest BCUT2D eigenvalue weighted by molar-refractivity contribution is 0.0788. The molecule has 1 aromatic heterocycles. The average Bonchev–Trinajstić information content (AvgIpc) is 2.65. The maximum atomic E-state index is 13.1. The Labute approximate surface area is 155 Å². The molecule has 0 spiro atoms. The van der Waals surface area contributed by atoms with Crippen LogP contribution in [0.15, 0.2) is 54.6 Å². The van der Waals surface area contributed by atoms with E-state index < -0.39 is 0 Å². The first-order chi connectivity index (χ1) is 12.5. The van der Waals surface area contributed by atoms with Crippen molar-refractivity contribution in [2.75, 3.05) is 34.2 Å². The second-order valence-corrected chi connectivity index (χ2v) is 6.97. The minimum atomic E-state index is 0.0267. The van der Waals surface area contributed by atoms with Crippen molar-refractivity contribution in [3.8, 4) is 11.3 Å². The molecule has 0 aliphatic heterocycles. The molecule has 2 aromatic carbocycles. The molecule has 0 saturated carbocycles. The third-order valence-corrected chi connectivity index (χ3v) is 4.52. The summed E-state index contributed by atoms with van der Waals surface area (Å²) in [6.45, 7) is 3.57. The molecule has 0 unspecified atom stereocenters. The molecule has 0 aliphatic carbocycles. The minimum Gasteiger partial charge on any atom is -0.340 e. The van der Waals surface area contributed by atoms with E-state index in [1.165, 1.54) is 5.56 Å². The Morgan fingerprint density at radius 1 is 0.962 bits per heavy atom. The molecule has 0 bridgehead atoms. The first kappa shape index (κ1) is 18.1. The SMILES string of the molecule is Cc1ccc(-c2cc(C(=O)N(C)CCN(C)C)c3ccccc3n2)cc1. The van der Waals surface area contributed by atoms with Gasteiger partial charge in [-0.2, -0.15) is 0 Å². The van der Waals surface area contributed by atoms with Gasteiger partial charge in [0.2, 0.25) is 0 Å². The molecular weight excluding hydrogens is 322 g/mol. The lowest BCUT2D eigenvalue weighted by atomic mass is 10.0. The van der Waals surface area contributed by atoms with E-state index in [0.717, 1.165) is 28.7 Å². The zero-order valence-corrected chi connectivity index (χ0v) is 15.9. The first-order valence-corrected chi connectivity index (χ1v) is 8.83. The van der Waals surface area contributed by atoms with Gasteiger partial charge in [0.05, 0.1) is 16.8 Å². The van der Waals surface area contributed by atoms with Crippen LogP contribution in [0.5, 0.6) is 0 Å². The summed E-state index contributed by atoms with van der Waals surface area (Å²) in [6, 6.07) is 18.0. The second kappa shape index (κ2) is 7.67. The van der Waals surface area contributed by atoms with Gasteiger partial charge in [0.15, 0.2) is 0 Å². The van der Waals surface area contributed by atoms with Crippen LogP contribution in [0.25, 0.3) is 22.2 Å². The molecule has 0 N–H and O–H groups in total. The van der Waals surface area contributed by atoms with Crippen LogP contribution in [0.3, 0.4) is 0 Å². The zero-order chi connectivity index (χ0) is 18.7. The lowest BCUT2D eigenvalue weighted by Gasteiger charge is -2.21. The molecule has 134 valence electrons. The number of aryl methyl sites for hydroxylation is 1. The van der Waals surface area contributed by atoms with Gasteiger partial charge in [-0.3, -0.25) is 4.79 Å². The maximum Gasteiger partial charge on any atom is 0.254 e. The van der Waals surface area contributed by atoms with Crippen molar-refractivity contribution in [3.05, 3.63) is 65.7 Å². The molecule has 0 aliphatic rings. The molecule has 1 heterocycles. The fraction of sp³-hybridized carbons (Fsp3) is 0.273. The van der Waals surface area contributed by atoms with E-state index in [-0.39, 0.29) is 5.91 Å². The van der Waals surface area contributed by atoms with Gasteiger partial charge >= 0.3 is 0 Å². The monoisotopic (exact) mass is 347 g/mol. The summed E-state index contributed by atoms with van der Waals surface area (Å²) in [6.07, 6.45) is 0. The number of benzene rings is 2. The van der Waals surface area contributed by atoms with E-state index in [0.29, 0.717) is 12.1 Å². The molecule has 3 rings (SSSR count). The summed E-state index contributed by atoms with van der Waals surface area (Å²) < 4.78 is 0. The van der Waals surface area contributed by atoms with E-state index in [4.69, 9.17) is 4.98 Å². The fourth-order valence-electron chi connectivity index (χ4n) is 2.88. The normalized spacial score (nSPS) is 11.1. The molecule has 3 aromatic rings. The van der Waals surface area contributed by atoms with Gasteiger partial charge in [-0.15, -0.1) is 0 Å². The van der Waals surface area contributed by atoms with E-state index in [1.807, 2.05) is 51.5 Å². The molecule has 1 amide bonds. The Morgan fingerprint density at radius 2 is 1.65 bits per heavy atom. The Balaban J connectivity index is 2.05. The van der Waals surface area contributed by atoms with Crippen LogP contribution in [0, 0.1) is 6.92 Å². The van der Waals surface area contributed by atoms with Crippen LogP contribution in [-0.2, 0) is 0 Å². The molecule has 0 saturated heterocycles. The van der Waals surface area contributed by atoms with Crippen molar-refractivity contribution in [1.82, 2.24) is 14.8 Å². The van der Waals surface area contributed by atoms with Crippen molar-refractivity contribution < 1.29 is 4.79 Å². The predicted octanol–water partition coefficient (Wildman–Crippen LogP) is 3.84. The van der Waals surface area contributed by atoms with Crippen LogP contribution >= 0.6 is 0 Å². The highest BCUT2D eigenvalue weighted by Gasteiger charge is 2.17. The van der Waals surface area contributed by atoms with Gasteiger partial charge in [-0.05, 0) is 33.2 Å². The highest BCUT2D eigenvalue weighted by Crippen LogP contribution is 2.26. The van der Waals surface area contributed by atoms with Crippen molar-refractivity contribution in [2.45, 2.75) is 6.92 Å². The number of carbonyl (C=O) groups is 1. The van der Waals surface area contributed by atoms with E-state index >= 15 is 0 Å². The van der Waals surface area contributed by atoms with Crippen LogP contribution in [0.1, 0.15) is 15.9 Å². The van der Waals surface area contributed by atoms with Crippen molar-refractivity contribution in [1.29, 1.82) is 0 Å². The molecule has 0 atom stereocenters. The van der Waals surface area contributed by atoms with E-state index in [2.05, 4.69) is 36.1 Å². The topological polar surface area (TPSA) is 36.4 Å². The molecule has 0 radical (unpaired) electrons. The minimum absolute atomic E-state index is 0.0267. The van der Waals surface area contributed by atoms with Gasteiger partial charge in [0, 0.05) is 31.1 Å². The summed E-state index contributed by atoms with van der Waals surface area (Å²) >= 11 is 0. The van der Waals surface area contributed by atoms with Crippen molar-refractivity contribution in [3.63, 3.8) is 0 Å². The fourth-order valence-corrected chi connectivity index (χ4v) is 2.88. The van der Waals surface area contributed by atoms with Gasteiger partial charge in [-0.25, -0.2) is 4.98 Å². The molecule has 4 nitrogen and oxygen atoms in total. The number of rotatable bonds is 5. The number of hydrogen-bond acceptors (Lipinski definition) is 3. The summed E-state index contributed by atoms with van der Waals surface area (Å²) in [4.78, 5) is 21.7. The van der Waals surface area contributed by atoms with Crippen molar-refractivity contribution in [2.24, 2.45) is 0 Å². The van der Waals surface area contributed by atoms with E-state index in [9.17, 15) is 4.79 Å². The average molecular weight is 347 g/mol. The number of nitrogens with zero attached hydrogens (tertiary/aromatic N) is 3. The Kier molecular flexibility index (Phi) is 5.33. The summed E-state index contributed by atoms with van der Waals surface area (Å²) in [7, 11) is 5.87. The van der Waals surface area contributed by atoms with Crippen molar-refractivity contribution >= 4 is 16.8 Å². The van der Waals surface area contributed by atoms with Gasteiger partial charge in [0.1, 0.15) is 0 Å². The van der Waals surface area contributed by atoms with Crippen LogP contribution in [0.4, 0.5) is 0 Å². The number of amides is 1. The Morgan fingerprint density at radius 3 is 2.35 bits per heavy atom. The lowest BCUT2D eigenvalue weighted by Crippen LogP contribution is -2.33. The number of fused-ring (bicyclic) bond motifs is 1. The summed E-state index contributed by atoms with van der Waals surface area (Å²) in [5.41, 5.74) is 4.59. The third kappa shape index (κ3) is 3.92. The maximum absolute atomic E-state index is 13.1. The summed E-state index contributed by atoms with van der Waals surface area (Å²) in [5.74, 6) is 0.0267. The van der Waals surface area contributed by atoms with Gasteiger partial charge in [0.25, 0.3) is 5.91 Å². The van der Waals surface area contributed by atoms with Crippen LogP contribution < -0.4 is 0 Å². The van der Waals surface area contributed by atoms with Gasteiger partial charge in [-0.1, -0.05) is 48.0 Å². The summed E-state index contributed by atoms with van der Waals surface area (Å²) in [5, 5.41) is 0.894. The quantitative estimate of drug-likeness (QED) is 0.703. The first-order valence-electron chi connectivity index (χ1n) is 8.83. The molecule has 26 heavy (non-hydrogen) atoms. The number of carbonyl (C=O) groups excluding carboxylic acids is 1. The number of pyridine rings is 1. The highest BCUT2D eigenvalue weighted by molar-refractivity contribution is 6.07. The Bertz CT molecular complexity index is 916. The molecular formula is C22H25N3O. The second-order valence-electron chi connectivity index (χ2n) is 6.97. The smallest absolute Gasteiger partial charge is 0.254 e. The Hall–Kier alpha value is -2.72. The van der Waals surface area contributed by atoms with Gasteiger partial charge < -0.3 is 9.80 Å². The van der Waals surface area contributed by atoms with Crippen LogP contribution in [0.2, 0.25) is 0 Å². The largest absolute Gasteiger partial charge is 0.340 e. The van der Waals surface area contributed by atoms with E-state index in [1.54, 1.807) is 4.90 Å². The number of para-hydroxylation sites is 1. The van der Waals surface area contributed by atoms with Crippen LogP contribution in [-0.4, -0.2) is 54.9 Å². The number of aromatic nitrogens is 1. The molecule has 0 fully saturated rings. The molecule has 4 heteroatoms. The number of hydrogen-bond donors (Lipinski definition) is 0. The predicted molar refractivity (Wildman–Crippen MR) is 107 cm³/mol. The standard InChI is InChI=1S/C22H25N3O/c1-16-9-11-17(12-10-16)21-15-19(18-7-5-6-8-20(18)23-21)22(26)25(4)14-13-24(2)3/h5-12,15H,13-14H2,1-4H3. The number of likely N-dealkylation sites (N-methyl/N-ethyl adjacent to an activating group) is 2.